The number of carbonyl (C=O) groups is 1. The molecule has 88 valence electrons. The number of hydrogen-bond donors (Lipinski definition) is 3. The average Bonchev–Trinajstić information content (AvgIpc) is 2.28. The highest BCUT2D eigenvalue weighted by molar-refractivity contribution is 6.30. The molecule has 0 amide bonds. The molecule has 0 aromatic heterocycles. The second-order valence-electron chi connectivity index (χ2n) is 3.46. The summed E-state index contributed by atoms with van der Waals surface area (Å²) in [4.78, 5) is 10.8. The van der Waals surface area contributed by atoms with Gasteiger partial charge in [0.1, 0.15) is 12.4 Å². The van der Waals surface area contributed by atoms with E-state index in [-0.39, 0.29) is 12.1 Å². The van der Waals surface area contributed by atoms with E-state index in [1.54, 1.807) is 13.1 Å². The van der Waals surface area contributed by atoms with Crippen molar-refractivity contribution in [2.45, 2.75) is 12.2 Å². The van der Waals surface area contributed by atoms with Gasteiger partial charge < -0.3 is 15.5 Å². The zero-order chi connectivity index (χ0) is 12.1. The maximum absolute atomic E-state index is 10.8. The van der Waals surface area contributed by atoms with Crippen molar-refractivity contribution in [2.24, 2.45) is 0 Å². The predicted molar refractivity (Wildman–Crippen MR) is 61.7 cm³/mol. The summed E-state index contributed by atoms with van der Waals surface area (Å²) in [5, 5.41) is 22.6. The van der Waals surface area contributed by atoms with Crippen molar-refractivity contribution in [3.63, 3.8) is 0 Å². The molecule has 1 aromatic rings. The fourth-order valence-corrected chi connectivity index (χ4v) is 1.63. The third-order valence-electron chi connectivity index (χ3n) is 2.27. The van der Waals surface area contributed by atoms with Crippen LogP contribution in [-0.4, -0.2) is 36.2 Å². The molecule has 1 rings (SSSR count). The van der Waals surface area contributed by atoms with Crippen LogP contribution in [0.4, 0.5) is 0 Å². The van der Waals surface area contributed by atoms with Gasteiger partial charge in [-0.2, -0.15) is 0 Å². The third kappa shape index (κ3) is 3.02. The maximum atomic E-state index is 10.8. The van der Waals surface area contributed by atoms with Crippen LogP contribution >= 0.6 is 11.6 Å². The minimum atomic E-state index is -1.11. The van der Waals surface area contributed by atoms with Crippen molar-refractivity contribution in [1.29, 1.82) is 0 Å². The lowest BCUT2D eigenvalue weighted by Gasteiger charge is -2.19. The number of aliphatic hydroxyl groups is 2. The highest BCUT2D eigenvalue weighted by Crippen LogP contribution is 2.23. The smallest absolute Gasteiger partial charge is 0.150 e. The van der Waals surface area contributed by atoms with E-state index in [1.165, 1.54) is 12.1 Å². The van der Waals surface area contributed by atoms with Gasteiger partial charge in [0.05, 0.1) is 6.10 Å². The van der Waals surface area contributed by atoms with Gasteiger partial charge in [-0.1, -0.05) is 17.7 Å². The average molecular weight is 244 g/mol. The van der Waals surface area contributed by atoms with Crippen molar-refractivity contribution in [3.05, 3.63) is 34.3 Å². The van der Waals surface area contributed by atoms with E-state index in [9.17, 15) is 15.0 Å². The maximum Gasteiger partial charge on any atom is 0.150 e. The molecule has 0 aliphatic heterocycles. The van der Waals surface area contributed by atoms with Gasteiger partial charge in [-0.3, -0.25) is 4.79 Å². The Hall–Kier alpha value is -0.940. The van der Waals surface area contributed by atoms with E-state index in [4.69, 9.17) is 11.6 Å². The van der Waals surface area contributed by atoms with E-state index in [1.807, 2.05) is 0 Å². The van der Waals surface area contributed by atoms with E-state index in [0.717, 1.165) is 0 Å². The Kier molecular flexibility index (Phi) is 4.89. The van der Waals surface area contributed by atoms with Crippen LogP contribution in [0.1, 0.15) is 22.0 Å². The van der Waals surface area contributed by atoms with E-state index in [0.29, 0.717) is 16.9 Å². The Morgan fingerprint density at radius 3 is 2.75 bits per heavy atom. The summed E-state index contributed by atoms with van der Waals surface area (Å²) in [6, 6.07) is 4.56. The Bertz CT molecular complexity index is 370. The first-order valence-corrected chi connectivity index (χ1v) is 5.23. The van der Waals surface area contributed by atoms with Crippen LogP contribution in [0.2, 0.25) is 5.02 Å². The number of aldehydes is 1. The van der Waals surface area contributed by atoms with Gasteiger partial charge in [0.15, 0.2) is 0 Å². The Balaban J connectivity index is 2.98. The van der Waals surface area contributed by atoms with Crippen molar-refractivity contribution < 1.29 is 15.0 Å². The molecule has 16 heavy (non-hydrogen) atoms. The third-order valence-corrected chi connectivity index (χ3v) is 2.51. The molecule has 0 saturated carbocycles. The number of nitrogens with one attached hydrogen (secondary N) is 1. The zero-order valence-electron chi connectivity index (χ0n) is 8.85. The molecule has 0 aliphatic carbocycles. The number of aliphatic hydroxyl groups excluding tert-OH is 2. The second-order valence-corrected chi connectivity index (χ2v) is 3.90. The Morgan fingerprint density at radius 1 is 1.50 bits per heavy atom. The van der Waals surface area contributed by atoms with Crippen molar-refractivity contribution in [2.75, 3.05) is 13.6 Å². The largest absolute Gasteiger partial charge is 0.389 e. The second kappa shape index (κ2) is 5.96. The summed E-state index contributed by atoms with van der Waals surface area (Å²) in [6.45, 7) is 0.238. The molecule has 2 unspecified atom stereocenters. The number of halogens is 1. The summed E-state index contributed by atoms with van der Waals surface area (Å²) in [6.07, 6.45) is -1.47. The van der Waals surface area contributed by atoms with Gasteiger partial charge in [-0.05, 0) is 24.7 Å². The Morgan fingerprint density at radius 2 is 2.19 bits per heavy atom. The van der Waals surface area contributed by atoms with Crippen LogP contribution in [0.25, 0.3) is 0 Å². The van der Waals surface area contributed by atoms with Crippen LogP contribution in [0.5, 0.6) is 0 Å². The Labute approximate surface area is 98.9 Å². The van der Waals surface area contributed by atoms with Gasteiger partial charge in [-0.25, -0.2) is 0 Å². The van der Waals surface area contributed by atoms with E-state index >= 15 is 0 Å². The van der Waals surface area contributed by atoms with Crippen LogP contribution in [0.15, 0.2) is 18.2 Å². The van der Waals surface area contributed by atoms with Crippen molar-refractivity contribution in [3.8, 4) is 0 Å². The summed E-state index contributed by atoms with van der Waals surface area (Å²) in [7, 11) is 1.67. The van der Waals surface area contributed by atoms with Gasteiger partial charge in [0.25, 0.3) is 0 Å². The first kappa shape index (κ1) is 13.1. The lowest BCUT2D eigenvalue weighted by Crippen LogP contribution is -2.30. The molecule has 0 spiro atoms. The molecule has 0 aliphatic rings. The molecule has 1 aromatic carbocycles. The fraction of sp³-hybridized carbons (Fsp3) is 0.364. The lowest BCUT2D eigenvalue weighted by atomic mass is 9.99. The summed E-state index contributed by atoms with van der Waals surface area (Å²) in [5.41, 5.74) is 0.664. The first-order valence-electron chi connectivity index (χ1n) is 4.85. The molecule has 0 saturated heterocycles. The minimum Gasteiger partial charge on any atom is -0.389 e. The SMILES string of the molecule is CNCC(O)C(O)c1ccc(Cl)cc1C=O. The van der Waals surface area contributed by atoms with Crippen LogP contribution < -0.4 is 5.32 Å². The summed E-state index contributed by atoms with van der Waals surface area (Å²) in [5.74, 6) is 0. The molecule has 4 nitrogen and oxygen atoms in total. The molecular weight excluding hydrogens is 230 g/mol. The molecule has 3 N–H and O–H groups in total. The molecule has 5 heteroatoms. The molecule has 0 heterocycles. The van der Waals surface area contributed by atoms with Gasteiger partial charge in [0, 0.05) is 17.1 Å². The summed E-state index contributed by atoms with van der Waals surface area (Å²) < 4.78 is 0. The molecular formula is C11H14ClNO3. The highest BCUT2D eigenvalue weighted by atomic mass is 35.5. The highest BCUT2D eigenvalue weighted by Gasteiger charge is 2.20. The lowest BCUT2D eigenvalue weighted by molar-refractivity contribution is 0.0199. The minimum absolute atomic E-state index is 0.238. The van der Waals surface area contributed by atoms with E-state index in [2.05, 4.69) is 5.32 Å². The topological polar surface area (TPSA) is 69.6 Å². The quantitative estimate of drug-likeness (QED) is 0.668. The molecule has 0 radical (unpaired) electrons. The predicted octanol–water partition coefficient (Wildman–Crippen LogP) is 0.766. The number of benzene rings is 1. The normalized spacial score (nSPS) is 14.5. The summed E-state index contributed by atoms with van der Waals surface area (Å²) >= 11 is 5.73. The van der Waals surface area contributed by atoms with Gasteiger partial charge >= 0.3 is 0 Å². The standard InChI is InChI=1S/C11H14ClNO3/c1-13-5-10(15)11(16)9-3-2-8(12)4-7(9)6-14/h2-4,6,10-11,13,15-16H,5H2,1H3. The van der Waals surface area contributed by atoms with Gasteiger partial charge in [-0.15, -0.1) is 0 Å². The van der Waals surface area contributed by atoms with Gasteiger partial charge in [0.2, 0.25) is 0 Å². The van der Waals surface area contributed by atoms with E-state index < -0.39 is 12.2 Å². The van der Waals surface area contributed by atoms with Crippen molar-refractivity contribution >= 4 is 17.9 Å². The number of carbonyl (C=O) groups excluding carboxylic acids is 1. The first-order chi connectivity index (χ1) is 7.60. The fourth-order valence-electron chi connectivity index (χ4n) is 1.45. The molecule has 0 bridgehead atoms. The number of hydrogen-bond acceptors (Lipinski definition) is 4. The zero-order valence-corrected chi connectivity index (χ0v) is 9.61. The van der Waals surface area contributed by atoms with Crippen molar-refractivity contribution in [1.82, 2.24) is 5.32 Å². The molecule has 0 fully saturated rings. The number of likely N-dealkylation sites (N-methyl/N-ethyl adjacent to an activating group) is 1. The van der Waals surface area contributed by atoms with Crippen LogP contribution in [0.3, 0.4) is 0 Å². The number of rotatable bonds is 5. The molecule has 2 atom stereocenters. The van der Waals surface area contributed by atoms with Crippen LogP contribution in [-0.2, 0) is 0 Å². The monoisotopic (exact) mass is 243 g/mol. The van der Waals surface area contributed by atoms with Crippen LogP contribution in [0, 0.1) is 0 Å².